The van der Waals surface area contributed by atoms with Crippen molar-refractivity contribution in [2.75, 3.05) is 19.7 Å². The first-order valence-corrected chi connectivity index (χ1v) is 22.8. The van der Waals surface area contributed by atoms with E-state index in [1.165, 1.54) is 42.5 Å². The number of benzene rings is 3. The van der Waals surface area contributed by atoms with Gasteiger partial charge in [0.15, 0.2) is 0 Å². The zero-order chi connectivity index (χ0) is 41.7. The second kappa shape index (κ2) is 18.4. The van der Waals surface area contributed by atoms with Crippen LogP contribution in [0.5, 0.6) is 5.75 Å². The summed E-state index contributed by atoms with van der Waals surface area (Å²) in [5, 5.41) is 16.0. The van der Waals surface area contributed by atoms with E-state index in [1.807, 2.05) is 37.3 Å². The van der Waals surface area contributed by atoms with E-state index in [4.69, 9.17) is 9.26 Å². The maximum atomic E-state index is 16.5. The number of likely N-dealkylation sites (tertiary alicyclic amines) is 1. The molecule has 1 aromatic heterocycles. The van der Waals surface area contributed by atoms with Crippen molar-refractivity contribution >= 4 is 52.6 Å². The fourth-order valence-electron chi connectivity index (χ4n) is 8.45. The third-order valence-corrected chi connectivity index (χ3v) is 14.7. The van der Waals surface area contributed by atoms with Crippen molar-refractivity contribution in [1.82, 2.24) is 20.2 Å². The van der Waals surface area contributed by atoms with Gasteiger partial charge in [-0.05, 0) is 85.9 Å². The lowest BCUT2D eigenvalue weighted by Crippen LogP contribution is -2.56. The summed E-state index contributed by atoms with van der Waals surface area (Å²) in [5.74, 6) is -4.11. The maximum Gasteiger partial charge on any atom is 0.355 e. The number of hydrogen-bond acceptors (Lipinski definition) is 9. The van der Waals surface area contributed by atoms with E-state index in [1.54, 1.807) is 40.1 Å². The Morgan fingerprint density at radius 3 is 2.44 bits per heavy atom. The Bertz CT molecular complexity index is 2250. The molecule has 3 aliphatic rings. The summed E-state index contributed by atoms with van der Waals surface area (Å²) in [6.07, 6.45) is 4.57. The van der Waals surface area contributed by atoms with Gasteiger partial charge >= 0.3 is 13.5 Å². The molecule has 0 radical (unpaired) electrons. The molecule has 3 aromatic carbocycles. The number of carbonyl (C=O) groups excluding carboxylic acids is 4. The molecule has 59 heavy (non-hydrogen) atoms. The van der Waals surface area contributed by atoms with Gasteiger partial charge in [-0.15, -0.1) is 11.3 Å². The number of amides is 3. The number of nitrogens with one attached hydrogen (secondary N) is 2. The standard InChI is InChI=1S/C44H49FN5O7PS/c1-3-22-56-44(54)28(2)48-58(55,57-34-15-8-5-9-16-34)40(45)30-18-21-38-31(23-30)24-39(59-38)41(51)47-36-17-11-10-14-33-19-20-37(50(33)42(36)52)43(53)49-26-32(25-46)35(27-49)29-12-6-4-7-13-29/h4-9,12-13,15-16,18,21,23-24,28,32-33,35-37,40H,3,10-11,14,17,19-20,22,26-27H2,1-2H3,(H,47,51)(H,48,55)/t28-,32-,33-,35+,36-,37-,40+,58?/m0/s1. The van der Waals surface area contributed by atoms with Gasteiger partial charge in [-0.25, -0.2) is 9.48 Å². The molecule has 4 aromatic rings. The fourth-order valence-corrected chi connectivity index (χ4v) is 11.3. The Balaban J connectivity index is 1.07. The van der Waals surface area contributed by atoms with Crippen molar-refractivity contribution in [2.24, 2.45) is 5.92 Å². The van der Waals surface area contributed by atoms with E-state index in [9.17, 15) is 29.0 Å². The van der Waals surface area contributed by atoms with Crippen LogP contribution in [0.3, 0.4) is 0 Å². The highest BCUT2D eigenvalue weighted by atomic mass is 32.1. The van der Waals surface area contributed by atoms with Gasteiger partial charge < -0.3 is 24.4 Å². The van der Waals surface area contributed by atoms with E-state index in [2.05, 4.69) is 16.5 Å². The molecule has 3 aliphatic heterocycles. The van der Waals surface area contributed by atoms with Crippen LogP contribution in [0.2, 0.25) is 0 Å². The number of alkyl halides is 1. The number of esters is 1. The van der Waals surface area contributed by atoms with Gasteiger partial charge in [0.2, 0.25) is 17.7 Å². The summed E-state index contributed by atoms with van der Waals surface area (Å²) in [6, 6.07) is 23.7. The van der Waals surface area contributed by atoms with E-state index < -0.39 is 43.4 Å². The minimum atomic E-state index is -4.45. The average molecular weight is 842 g/mol. The lowest BCUT2D eigenvalue weighted by molar-refractivity contribution is -0.146. The zero-order valence-electron chi connectivity index (χ0n) is 33.1. The minimum absolute atomic E-state index is 0.0170. The maximum absolute atomic E-state index is 16.5. The van der Waals surface area contributed by atoms with Crippen LogP contribution in [-0.4, -0.2) is 77.4 Å². The van der Waals surface area contributed by atoms with Crippen LogP contribution in [0.4, 0.5) is 4.39 Å². The smallest absolute Gasteiger partial charge is 0.355 e. The normalized spacial score (nSPS) is 23.9. The number of para-hydroxylation sites is 1. The van der Waals surface area contributed by atoms with Crippen LogP contribution >= 0.6 is 18.9 Å². The lowest BCUT2D eigenvalue weighted by atomic mass is 9.90. The Kier molecular flexibility index (Phi) is 13.1. The van der Waals surface area contributed by atoms with Crippen LogP contribution in [-0.2, 0) is 23.7 Å². The van der Waals surface area contributed by atoms with Gasteiger partial charge in [0, 0.05) is 29.7 Å². The van der Waals surface area contributed by atoms with E-state index in [0.29, 0.717) is 53.7 Å². The van der Waals surface area contributed by atoms with Crippen LogP contribution in [0, 0.1) is 17.2 Å². The monoisotopic (exact) mass is 841 g/mol. The van der Waals surface area contributed by atoms with Crippen molar-refractivity contribution in [3.63, 3.8) is 0 Å². The van der Waals surface area contributed by atoms with Crippen molar-refractivity contribution in [1.29, 1.82) is 5.26 Å². The van der Waals surface area contributed by atoms with Gasteiger partial charge in [0.1, 0.15) is 23.9 Å². The Morgan fingerprint density at radius 1 is 0.983 bits per heavy atom. The molecule has 1 unspecified atom stereocenters. The Hall–Kier alpha value is -5.09. The van der Waals surface area contributed by atoms with Crippen molar-refractivity contribution in [3.8, 4) is 11.8 Å². The molecular weight excluding hydrogens is 793 g/mol. The number of nitriles is 1. The number of carbonyl (C=O) groups is 4. The molecule has 0 bridgehead atoms. The third-order valence-electron chi connectivity index (χ3n) is 11.4. The number of nitrogens with zero attached hydrogens (tertiary/aromatic N) is 3. The molecule has 15 heteroatoms. The first kappa shape index (κ1) is 42.0. The van der Waals surface area contributed by atoms with Crippen LogP contribution in [0.15, 0.2) is 84.9 Å². The van der Waals surface area contributed by atoms with Gasteiger partial charge in [-0.3, -0.25) is 23.7 Å². The van der Waals surface area contributed by atoms with Gasteiger partial charge in [-0.2, -0.15) is 5.26 Å². The average Bonchev–Trinajstić information content (AvgIpc) is 4.00. The molecule has 3 saturated heterocycles. The number of fused-ring (bicyclic) bond motifs is 2. The summed E-state index contributed by atoms with van der Waals surface area (Å²) in [6.45, 7) is 4.13. The number of rotatable bonds is 13. The van der Waals surface area contributed by atoms with E-state index >= 15 is 4.39 Å². The molecule has 2 N–H and O–H groups in total. The van der Waals surface area contributed by atoms with E-state index in [0.717, 1.165) is 24.8 Å². The van der Waals surface area contributed by atoms with Crippen LogP contribution in [0.1, 0.15) is 91.4 Å². The van der Waals surface area contributed by atoms with Crippen LogP contribution in [0.25, 0.3) is 10.1 Å². The molecule has 3 amide bonds. The quantitative estimate of drug-likeness (QED) is 0.101. The molecular formula is C44H49FN5O7PS. The summed E-state index contributed by atoms with van der Waals surface area (Å²) in [7, 11) is -4.45. The molecule has 7 rings (SSSR count). The molecule has 310 valence electrons. The molecule has 4 heterocycles. The molecule has 0 saturated carbocycles. The summed E-state index contributed by atoms with van der Waals surface area (Å²) in [4.78, 5) is 58.7. The van der Waals surface area contributed by atoms with E-state index in [-0.39, 0.29) is 47.6 Å². The highest BCUT2D eigenvalue weighted by Crippen LogP contribution is 2.58. The van der Waals surface area contributed by atoms with Gasteiger partial charge in [-0.1, -0.05) is 74.4 Å². The molecule has 0 aliphatic carbocycles. The van der Waals surface area contributed by atoms with Crippen LogP contribution < -0.4 is 14.9 Å². The minimum Gasteiger partial charge on any atom is -0.465 e. The van der Waals surface area contributed by atoms with Crippen molar-refractivity contribution in [2.45, 2.75) is 94.8 Å². The van der Waals surface area contributed by atoms with Gasteiger partial charge in [0.25, 0.3) is 5.91 Å². The fraction of sp³-hybridized carbons (Fsp3) is 0.432. The largest absolute Gasteiger partial charge is 0.465 e. The number of thiophene rings is 1. The highest BCUT2D eigenvalue weighted by molar-refractivity contribution is 7.57. The SMILES string of the molecule is CCCOC(=O)[C@H](C)NP(=O)(Oc1ccccc1)[C@@H](F)c1ccc2sc(C(=O)N[C@H]3CCCC[C@H]4CC[C@@H](C(=O)N5C[C@H](c6ccccc6)[C@@H](C#N)C5)N4C3=O)cc2c1. The predicted molar refractivity (Wildman–Crippen MR) is 222 cm³/mol. The highest BCUT2D eigenvalue weighted by Gasteiger charge is 2.47. The number of hydrogen-bond donors (Lipinski definition) is 2. The summed E-state index contributed by atoms with van der Waals surface area (Å²) >= 11 is 1.18. The summed E-state index contributed by atoms with van der Waals surface area (Å²) in [5.41, 5.74) is 1.03. The Morgan fingerprint density at radius 2 is 1.71 bits per heavy atom. The Labute approximate surface area is 347 Å². The second-order valence-corrected chi connectivity index (χ2v) is 18.7. The first-order chi connectivity index (χ1) is 28.5. The lowest BCUT2D eigenvalue weighted by Gasteiger charge is -2.36. The third kappa shape index (κ3) is 9.23. The zero-order valence-corrected chi connectivity index (χ0v) is 34.8. The summed E-state index contributed by atoms with van der Waals surface area (Å²) < 4.78 is 42.4. The molecule has 3 fully saturated rings. The van der Waals surface area contributed by atoms with Gasteiger partial charge in [0.05, 0.1) is 23.5 Å². The molecule has 8 atom stereocenters. The molecule has 0 spiro atoms. The molecule has 12 nitrogen and oxygen atoms in total. The van der Waals surface area contributed by atoms with Crippen molar-refractivity contribution in [3.05, 3.63) is 101 Å². The first-order valence-electron chi connectivity index (χ1n) is 20.3. The van der Waals surface area contributed by atoms with Crippen molar-refractivity contribution < 1.29 is 37.4 Å². The topological polar surface area (TPSA) is 158 Å². The predicted octanol–water partition coefficient (Wildman–Crippen LogP) is 7.87. The number of halogens is 1. The number of ether oxygens (including phenoxy) is 1. The second-order valence-electron chi connectivity index (χ2n) is 15.6.